The van der Waals surface area contributed by atoms with Crippen molar-refractivity contribution in [2.45, 2.75) is 32.2 Å². The van der Waals surface area contributed by atoms with E-state index < -0.39 is 0 Å². The molecule has 0 aliphatic rings. The molecule has 8 heteroatoms. The summed E-state index contributed by atoms with van der Waals surface area (Å²) in [4.78, 5) is 18.6. The third-order valence-electron chi connectivity index (χ3n) is 3.87. The minimum atomic E-state index is 0.217. The van der Waals surface area contributed by atoms with E-state index in [1.165, 1.54) is 10.5 Å². The second-order valence-corrected chi connectivity index (χ2v) is 6.26. The summed E-state index contributed by atoms with van der Waals surface area (Å²) in [5.41, 5.74) is 17.1. The predicted octanol–water partition coefficient (Wildman–Crippen LogP) is 2.08. The third-order valence-corrected chi connectivity index (χ3v) is 4.91. The van der Waals surface area contributed by atoms with Crippen molar-refractivity contribution < 1.29 is 0 Å². The maximum atomic E-state index is 6.08. The lowest BCUT2D eigenvalue weighted by Crippen LogP contribution is -2.10. The van der Waals surface area contributed by atoms with Gasteiger partial charge in [0.05, 0.1) is 17.9 Å². The van der Waals surface area contributed by atoms with Crippen molar-refractivity contribution in [1.29, 1.82) is 0 Å². The van der Waals surface area contributed by atoms with Crippen molar-refractivity contribution >= 4 is 34.8 Å². The number of anilines is 2. The molecule has 0 aliphatic heterocycles. The second kappa shape index (κ2) is 5.69. The molecule has 0 bridgehead atoms. The lowest BCUT2D eigenvalue weighted by molar-refractivity contribution is 0.784. The lowest BCUT2D eigenvalue weighted by atomic mass is 10.1. The molecule has 3 aromatic rings. The van der Waals surface area contributed by atoms with E-state index in [-0.39, 0.29) is 5.95 Å². The average Bonchev–Trinajstić information content (AvgIpc) is 2.79. The Bertz CT molecular complexity index is 901. The Morgan fingerprint density at radius 1 is 1.13 bits per heavy atom. The summed E-state index contributed by atoms with van der Waals surface area (Å²) in [6.07, 6.45) is 3.95. The summed E-state index contributed by atoms with van der Waals surface area (Å²) in [6, 6.07) is 0. The van der Waals surface area contributed by atoms with Gasteiger partial charge < -0.3 is 11.5 Å². The van der Waals surface area contributed by atoms with Crippen LogP contribution in [0.2, 0.25) is 0 Å². The van der Waals surface area contributed by atoms with Crippen molar-refractivity contribution in [3.63, 3.8) is 0 Å². The van der Waals surface area contributed by atoms with E-state index in [1.54, 1.807) is 11.8 Å². The van der Waals surface area contributed by atoms with Crippen LogP contribution in [0.3, 0.4) is 0 Å². The molecule has 0 atom stereocenters. The fourth-order valence-electron chi connectivity index (χ4n) is 2.71. The highest BCUT2D eigenvalue weighted by atomic mass is 32.2. The standard InChI is InChI=1S/C15H19N7S/c1-7-5-18-10(8(2)12(7)23-4)6-22-13-11(20-15(22)17)9(3)19-14(16)21-13/h5H,6H2,1-4H3,(H2,17,20)(H2,16,19,21). The number of imidazole rings is 1. The number of nitrogens with zero attached hydrogens (tertiary/aromatic N) is 5. The van der Waals surface area contributed by atoms with Crippen LogP contribution in [-0.2, 0) is 6.54 Å². The van der Waals surface area contributed by atoms with Gasteiger partial charge in [0.15, 0.2) is 5.65 Å². The first kappa shape index (κ1) is 15.5. The monoisotopic (exact) mass is 329 g/mol. The summed E-state index contributed by atoms with van der Waals surface area (Å²) < 4.78 is 1.83. The van der Waals surface area contributed by atoms with Crippen LogP contribution in [0, 0.1) is 20.8 Å². The van der Waals surface area contributed by atoms with Gasteiger partial charge in [-0.2, -0.15) is 4.98 Å². The summed E-state index contributed by atoms with van der Waals surface area (Å²) in [6.45, 7) is 6.48. The second-order valence-electron chi connectivity index (χ2n) is 5.44. The van der Waals surface area contributed by atoms with Gasteiger partial charge in [-0.25, -0.2) is 9.97 Å². The number of pyridine rings is 1. The van der Waals surface area contributed by atoms with Crippen LogP contribution in [-0.4, -0.2) is 30.8 Å². The zero-order valence-corrected chi connectivity index (χ0v) is 14.4. The van der Waals surface area contributed by atoms with E-state index in [0.29, 0.717) is 23.7 Å². The summed E-state index contributed by atoms with van der Waals surface area (Å²) >= 11 is 1.72. The molecule has 0 saturated heterocycles. The number of rotatable bonds is 3. The van der Waals surface area contributed by atoms with Crippen LogP contribution in [0.15, 0.2) is 11.1 Å². The van der Waals surface area contributed by atoms with E-state index in [9.17, 15) is 0 Å². The van der Waals surface area contributed by atoms with E-state index in [0.717, 1.165) is 17.0 Å². The SMILES string of the molecule is CSc1c(C)cnc(Cn2c(N)nc3c(C)nc(N)nc32)c1C. The quantitative estimate of drug-likeness (QED) is 0.708. The Labute approximate surface area is 138 Å². The molecule has 3 rings (SSSR count). The van der Waals surface area contributed by atoms with E-state index in [4.69, 9.17) is 11.5 Å². The maximum Gasteiger partial charge on any atom is 0.222 e. The Hall–Kier alpha value is -2.35. The minimum Gasteiger partial charge on any atom is -0.369 e. The predicted molar refractivity (Wildman–Crippen MR) is 93.5 cm³/mol. The van der Waals surface area contributed by atoms with Gasteiger partial charge in [-0.1, -0.05) is 0 Å². The fraction of sp³-hybridized carbons (Fsp3) is 0.333. The van der Waals surface area contributed by atoms with Crippen LogP contribution in [0.4, 0.5) is 11.9 Å². The molecule has 0 aliphatic carbocycles. The van der Waals surface area contributed by atoms with E-state index in [2.05, 4.69) is 40.0 Å². The molecular weight excluding hydrogens is 310 g/mol. The molecule has 0 amide bonds. The van der Waals surface area contributed by atoms with Gasteiger partial charge in [-0.3, -0.25) is 9.55 Å². The van der Waals surface area contributed by atoms with Crippen molar-refractivity contribution in [2.24, 2.45) is 0 Å². The van der Waals surface area contributed by atoms with Gasteiger partial charge in [0, 0.05) is 11.1 Å². The minimum absolute atomic E-state index is 0.217. The molecule has 0 saturated carbocycles. The van der Waals surface area contributed by atoms with E-state index in [1.807, 2.05) is 17.7 Å². The number of hydrogen-bond donors (Lipinski definition) is 2. The van der Waals surface area contributed by atoms with Crippen molar-refractivity contribution in [1.82, 2.24) is 24.5 Å². The number of fused-ring (bicyclic) bond motifs is 1. The fourth-order valence-corrected chi connectivity index (χ4v) is 3.51. The first-order chi connectivity index (χ1) is 10.9. The van der Waals surface area contributed by atoms with Crippen molar-refractivity contribution in [2.75, 3.05) is 17.7 Å². The molecule has 0 fully saturated rings. The smallest absolute Gasteiger partial charge is 0.222 e. The highest BCUT2D eigenvalue weighted by Gasteiger charge is 2.16. The number of hydrogen-bond acceptors (Lipinski definition) is 7. The van der Waals surface area contributed by atoms with Crippen LogP contribution in [0.25, 0.3) is 11.2 Å². The van der Waals surface area contributed by atoms with Crippen molar-refractivity contribution in [3.05, 3.63) is 28.7 Å². The third kappa shape index (κ3) is 2.59. The van der Waals surface area contributed by atoms with Gasteiger partial charge in [-0.05, 0) is 38.2 Å². The normalized spacial score (nSPS) is 11.3. The number of nitrogens with two attached hydrogens (primary N) is 2. The first-order valence-electron chi connectivity index (χ1n) is 7.17. The molecule has 0 unspecified atom stereocenters. The first-order valence-corrected chi connectivity index (χ1v) is 8.39. The van der Waals surface area contributed by atoms with Crippen LogP contribution in [0.5, 0.6) is 0 Å². The van der Waals surface area contributed by atoms with Gasteiger partial charge in [0.2, 0.25) is 11.9 Å². The number of nitrogen functional groups attached to an aromatic ring is 2. The Kier molecular flexibility index (Phi) is 3.85. The van der Waals surface area contributed by atoms with E-state index >= 15 is 0 Å². The largest absolute Gasteiger partial charge is 0.369 e. The molecule has 0 spiro atoms. The topological polar surface area (TPSA) is 109 Å². The van der Waals surface area contributed by atoms with Crippen molar-refractivity contribution in [3.8, 4) is 0 Å². The zero-order valence-electron chi connectivity index (χ0n) is 13.6. The number of aryl methyl sites for hydroxylation is 2. The summed E-state index contributed by atoms with van der Waals surface area (Å²) in [7, 11) is 0. The summed E-state index contributed by atoms with van der Waals surface area (Å²) in [5.74, 6) is 0.602. The summed E-state index contributed by atoms with van der Waals surface area (Å²) in [5, 5.41) is 0. The van der Waals surface area contributed by atoms with Gasteiger partial charge in [0.1, 0.15) is 5.52 Å². The van der Waals surface area contributed by atoms with Crippen LogP contribution in [0.1, 0.15) is 22.5 Å². The van der Waals surface area contributed by atoms with Crippen LogP contribution < -0.4 is 11.5 Å². The molecule has 0 radical (unpaired) electrons. The maximum absolute atomic E-state index is 6.08. The zero-order chi connectivity index (χ0) is 16.7. The highest BCUT2D eigenvalue weighted by molar-refractivity contribution is 7.98. The Balaban J connectivity index is 2.14. The number of aromatic nitrogens is 5. The van der Waals surface area contributed by atoms with Gasteiger partial charge in [0.25, 0.3) is 0 Å². The molecule has 0 aromatic carbocycles. The Morgan fingerprint density at radius 2 is 1.87 bits per heavy atom. The molecule has 4 N–H and O–H groups in total. The molecule has 23 heavy (non-hydrogen) atoms. The lowest BCUT2D eigenvalue weighted by Gasteiger charge is -2.13. The van der Waals surface area contributed by atoms with Crippen LogP contribution >= 0.6 is 11.8 Å². The Morgan fingerprint density at radius 3 is 2.57 bits per heavy atom. The number of thioether (sulfide) groups is 1. The average molecular weight is 329 g/mol. The van der Waals surface area contributed by atoms with Gasteiger partial charge in [-0.15, -0.1) is 11.8 Å². The molecule has 3 heterocycles. The molecule has 3 aromatic heterocycles. The van der Waals surface area contributed by atoms with Gasteiger partial charge >= 0.3 is 0 Å². The molecule has 120 valence electrons. The molecule has 7 nitrogen and oxygen atoms in total. The highest BCUT2D eigenvalue weighted by Crippen LogP contribution is 2.27. The molecular formula is C15H19N7S.